The second-order valence-electron chi connectivity index (χ2n) is 5.75. The second kappa shape index (κ2) is 7.47. The van der Waals surface area contributed by atoms with Gasteiger partial charge < -0.3 is 22.1 Å². The lowest BCUT2D eigenvalue weighted by molar-refractivity contribution is -0.112. The number of pyridine rings is 1. The van der Waals surface area contributed by atoms with Crippen LogP contribution in [0.1, 0.15) is 12.5 Å². The fourth-order valence-corrected chi connectivity index (χ4v) is 2.38. The monoisotopic (exact) mass is 349 g/mol. The Labute approximate surface area is 150 Å². The summed E-state index contributed by atoms with van der Waals surface area (Å²) in [4.78, 5) is 24.4. The lowest BCUT2D eigenvalue weighted by atomic mass is 10.1. The number of allylic oxidation sites excluding steroid dienone is 1. The molecule has 6 N–H and O–H groups in total. The summed E-state index contributed by atoms with van der Waals surface area (Å²) in [7, 11) is 0. The molecule has 3 aromatic rings. The van der Waals surface area contributed by atoms with Gasteiger partial charge in [-0.15, -0.1) is 0 Å². The van der Waals surface area contributed by atoms with Gasteiger partial charge in [0.15, 0.2) is 17.5 Å². The zero-order valence-electron chi connectivity index (χ0n) is 14.2. The predicted molar refractivity (Wildman–Crippen MR) is 102 cm³/mol. The van der Waals surface area contributed by atoms with E-state index in [-0.39, 0.29) is 17.5 Å². The zero-order valence-corrected chi connectivity index (χ0v) is 14.2. The van der Waals surface area contributed by atoms with E-state index >= 15 is 0 Å². The Morgan fingerprint density at radius 2 is 2.12 bits per heavy atom. The van der Waals surface area contributed by atoms with Crippen LogP contribution in [0, 0.1) is 0 Å². The van der Waals surface area contributed by atoms with Crippen LogP contribution in [0.25, 0.3) is 10.9 Å². The van der Waals surface area contributed by atoms with Gasteiger partial charge in [-0.2, -0.15) is 0 Å². The Morgan fingerprint density at radius 1 is 1.27 bits per heavy atom. The maximum Gasteiger partial charge on any atom is 0.251 e. The van der Waals surface area contributed by atoms with Crippen molar-refractivity contribution in [1.29, 1.82) is 0 Å². The van der Waals surface area contributed by atoms with Gasteiger partial charge in [0.05, 0.1) is 11.7 Å². The van der Waals surface area contributed by atoms with E-state index in [4.69, 9.17) is 11.5 Å². The average Bonchev–Trinajstić information content (AvgIpc) is 2.61. The molecular formula is C18H19N7O. The second-order valence-corrected chi connectivity index (χ2v) is 5.75. The largest absolute Gasteiger partial charge is 0.402 e. The molecule has 0 aliphatic carbocycles. The number of fused-ring (bicyclic) bond motifs is 1. The van der Waals surface area contributed by atoms with Gasteiger partial charge in [-0.1, -0.05) is 12.1 Å². The van der Waals surface area contributed by atoms with Crippen molar-refractivity contribution in [3.63, 3.8) is 0 Å². The van der Waals surface area contributed by atoms with E-state index in [0.717, 1.165) is 16.5 Å². The number of anilines is 3. The number of carbonyl (C=O) groups excluding carboxylic acids is 1. The molecule has 0 unspecified atom stereocenters. The molecule has 2 aromatic heterocycles. The highest BCUT2D eigenvalue weighted by Gasteiger charge is 2.07. The van der Waals surface area contributed by atoms with Gasteiger partial charge >= 0.3 is 0 Å². The summed E-state index contributed by atoms with van der Waals surface area (Å²) >= 11 is 0. The number of nitrogen functional groups attached to an aromatic ring is 1. The summed E-state index contributed by atoms with van der Waals surface area (Å²) in [5.74, 6) is 0.544. The standard InChI is InChI=1S/C18H19N7O/c1-11(19)7-16(26)24-15-10-22-17(20)18(25-15)23-9-12-4-5-14-13(8-12)3-2-6-21-14/h2-8,10H,9,19H2,1H3,(H2,20,22)(H2,23,24,25,26). The molecule has 3 rings (SSSR count). The number of amides is 1. The molecular weight excluding hydrogens is 330 g/mol. The minimum absolute atomic E-state index is 0.246. The van der Waals surface area contributed by atoms with E-state index in [1.807, 2.05) is 30.3 Å². The van der Waals surface area contributed by atoms with Crippen molar-refractivity contribution in [2.24, 2.45) is 5.73 Å². The van der Waals surface area contributed by atoms with E-state index in [9.17, 15) is 4.79 Å². The highest BCUT2D eigenvalue weighted by Crippen LogP contribution is 2.18. The van der Waals surface area contributed by atoms with Gasteiger partial charge in [0, 0.05) is 29.9 Å². The molecule has 26 heavy (non-hydrogen) atoms. The van der Waals surface area contributed by atoms with Crippen LogP contribution in [0.4, 0.5) is 17.5 Å². The lowest BCUT2D eigenvalue weighted by Crippen LogP contribution is -2.14. The van der Waals surface area contributed by atoms with Crippen molar-refractivity contribution < 1.29 is 4.79 Å². The first kappa shape index (κ1) is 17.2. The SMILES string of the molecule is CC(N)=CC(=O)Nc1cnc(N)c(NCc2ccc3ncccc3c2)n1. The van der Waals surface area contributed by atoms with E-state index in [1.165, 1.54) is 12.3 Å². The Balaban J connectivity index is 1.73. The molecule has 0 aliphatic rings. The third kappa shape index (κ3) is 4.23. The lowest BCUT2D eigenvalue weighted by Gasteiger charge is -2.10. The maximum atomic E-state index is 11.7. The normalized spacial score (nSPS) is 11.3. The Hall–Kier alpha value is -3.68. The molecule has 2 heterocycles. The third-order valence-corrected chi connectivity index (χ3v) is 3.54. The van der Waals surface area contributed by atoms with Crippen molar-refractivity contribution in [3.05, 3.63) is 60.1 Å². The number of nitrogens with one attached hydrogen (secondary N) is 2. The minimum atomic E-state index is -0.378. The van der Waals surface area contributed by atoms with Crippen LogP contribution >= 0.6 is 0 Å². The first-order chi connectivity index (χ1) is 12.5. The van der Waals surface area contributed by atoms with Gasteiger partial charge in [0.2, 0.25) is 0 Å². The van der Waals surface area contributed by atoms with Crippen LogP contribution in [0.5, 0.6) is 0 Å². The fraction of sp³-hybridized carbons (Fsp3) is 0.111. The molecule has 0 radical (unpaired) electrons. The third-order valence-electron chi connectivity index (χ3n) is 3.54. The molecule has 0 fully saturated rings. The number of rotatable bonds is 5. The Kier molecular flexibility index (Phi) is 4.93. The number of carbonyl (C=O) groups is 1. The average molecular weight is 349 g/mol. The summed E-state index contributed by atoms with van der Waals surface area (Å²) in [5.41, 5.74) is 13.7. The number of benzene rings is 1. The molecule has 0 atom stereocenters. The van der Waals surface area contributed by atoms with Crippen LogP contribution < -0.4 is 22.1 Å². The summed E-state index contributed by atoms with van der Waals surface area (Å²) < 4.78 is 0. The van der Waals surface area contributed by atoms with E-state index in [2.05, 4.69) is 25.6 Å². The molecule has 0 saturated heterocycles. The van der Waals surface area contributed by atoms with E-state index in [0.29, 0.717) is 18.1 Å². The first-order valence-electron chi connectivity index (χ1n) is 7.96. The molecule has 0 saturated carbocycles. The zero-order chi connectivity index (χ0) is 18.5. The van der Waals surface area contributed by atoms with Crippen LogP contribution in [0.3, 0.4) is 0 Å². The molecule has 8 nitrogen and oxygen atoms in total. The fourth-order valence-electron chi connectivity index (χ4n) is 2.38. The summed E-state index contributed by atoms with van der Waals surface area (Å²) in [6.45, 7) is 2.13. The molecule has 0 spiro atoms. The molecule has 132 valence electrons. The number of nitrogens with two attached hydrogens (primary N) is 2. The topological polar surface area (TPSA) is 132 Å². The van der Waals surface area contributed by atoms with Crippen molar-refractivity contribution in [1.82, 2.24) is 15.0 Å². The van der Waals surface area contributed by atoms with Crippen molar-refractivity contribution in [3.8, 4) is 0 Å². The number of hydrogen-bond donors (Lipinski definition) is 4. The van der Waals surface area contributed by atoms with Gasteiger partial charge in [0.1, 0.15) is 0 Å². The maximum absolute atomic E-state index is 11.7. The van der Waals surface area contributed by atoms with Crippen molar-refractivity contribution in [2.45, 2.75) is 13.5 Å². The summed E-state index contributed by atoms with van der Waals surface area (Å²) in [6, 6.07) is 9.88. The molecule has 1 amide bonds. The van der Waals surface area contributed by atoms with Gasteiger partial charge in [0.25, 0.3) is 5.91 Å². The first-order valence-corrected chi connectivity index (χ1v) is 7.96. The predicted octanol–water partition coefficient (Wildman–Crippen LogP) is 2.02. The summed E-state index contributed by atoms with van der Waals surface area (Å²) in [6.07, 6.45) is 4.42. The van der Waals surface area contributed by atoms with Crippen molar-refractivity contribution in [2.75, 3.05) is 16.4 Å². The van der Waals surface area contributed by atoms with Crippen LogP contribution in [0.2, 0.25) is 0 Å². The number of nitrogens with zero attached hydrogens (tertiary/aromatic N) is 3. The molecule has 1 aromatic carbocycles. The Bertz CT molecular complexity index is 980. The highest BCUT2D eigenvalue weighted by molar-refractivity contribution is 5.99. The van der Waals surface area contributed by atoms with Gasteiger partial charge in [-0.3, -0.25) is 9.78 Å². The Morgan fingerprint density at radius 3 is 2.92 bits per heavy atom. The quantitative estimate of drug-likeness (QED) is 0.518. The highest BCUT2D eigenvalue weighted by atomic mass is 16.1. The van der Waals surface area contributed by atoms with Gasteiger partial charge in [-0.05, 0) is 30.7 Å². The smallest absolute Gasteiger partial charge is 0.251 e. The molecule has 0 aliphatic heterocycles. The molecule has 0 bridgehead atoms. The van der Waals surface area contributed by atoms with Gasteiger partial charge in [-0.25, -0.2) is 9.97 Å². The number of hydrogen-bond acceptors (Lipinski definition) is 7. The van der Waals surface area contributed by atoms with E-state index < -0.39 is 0 Å². The minimum Gasteiger partial charge on any atom is -0.402 e. The van der Waals surface area contributed by atoms with Crippen LogP contribution in [-0.4, -0.2) is 20.9 Å². The molecule has 8 heteroatoms. The van der Waals surface area contributed by atoms with Crippen LogP contribution in [-0.2, 0) is 11.3 Å². The van der Waals surface area contributed by atoms with E-state index in [1.54, 1.807) is 13.1 Å². The summed E-state index contributed by atoms with van der Waals surface area (Å²) in [5, 5.41) is 6.78. The number of aromatic nitrogens is 3. The van der Waals surface area contributed by atoms with Crippen molar-refractivity contribution >= 4 is 34.3 Å². The van der Waals surface area contributed by atoms with Crippen LogP contribution in [0.15, 0.2) is 54.5 Å².